The Hall–Kier alpha value is -1.55. The number of ether oxygens (including phenoxy) is 2. The van der Waals surface area contributed by atoms with E-state index in [2.05, 4.69) is 4.74 Å². The molecule has 2 N–H and O–H groups in total. The molecule has 1 aromatic carbocycles. The molecule has 15 heavy (non-hydrogen) atoms. The molecular formula is C11H15NO3. The van der Waals surface area contributed by atoms with Crippen molar-refractivity contribution in [3.8, 4) is 5.75 Å². The Labute approximate surface area is 89.0 Å². The minimum Gasteiger partial charge on any atom is -0.496 e. The van der Waals surface area contributed by atoms with Crippen LogP contribution in [0.5, 0.6) is 5.75 Å². The highest BCUT2D eigenvalue weighted by Crippen LogP contribution is 2.20. The van der Waals surface area contributed by atoms with E-state index in [9.17, 15) is 4.79 Å². The normalized spacial score (nSPS) is 9.80. The maximum atomic E-state index is 11.3. The number of nitrogens with two attached hydrogens (primary N) is 1. The van der Waals surface area contributed by atoms with Crippen molar-refractivity contribution in [1.82, 2.24) is 0 Å². The summed E-state index contributed by atoms with van der Waals surface area (Å²) in [4.78, 5) is 11.3. The van der Waals surface area contributed by atoms with Crippen LogP contribution in [0, 0.1) is 0 Å². The van der Waals surface area contributed by atoms with E-state index in [4.69, 9.17) is 10.5 Å². The zero-order valence-corrected chi connectivity index (χ0v) is 8.95. The summed E-state index contributed by atoms with van der Waals surface area (Å²) in [6, 6.07) is 5.17. The van der Waals surface area contributed by atoms with Crippen LogP contribution in [-0.4, -0.2) is 26.7 Å². The van der Waals surface area contributed by atoms with Crippen molar-refractivity contribution in [2.75, 3.05) is 20.8 Å². The molecule has 0 radical (unpaired) electrons. The highest BCUT2D eigenvalue weighted by atomic mass is 16.5. The summed E-state index contributed by atoms with van der Waals surface area (Å²) in [6.45, 7) is 0.515. The monoisotopic (exact) mass is 209 g/mol. The highest BCUT2D eigenvalue weighted by molar-refractivity contribution is 5.89. The summed E-state index contributed by atoms with van der Waals surface area (Å²) in [7, 11) is 2.95. The number of esters is 1. The van der Waals surface area contributed by atoms with E-state index in [1.807, 2.05) is 0 Å². The molecule has 0 aliphatic carbocycles. The van der Waals surface area contributed by atoms with Crippen molar-refractivity contribution in [1.29, 1.82) is 0 Å². The smallest absolute Gasteiger partial charge is 0.337 e. The molecule has 0 aliphatic heterocycles. The lowest BCUT2D eigenvalue weighted by atomic mass is 10.1. The van der Waals surface area contributed by atoms with Gasteiger partial charge in [-0.15, -0.1) is 0 Å². The first-order chi connectivity index (χ1) is 7.22. The zero-order valence-electron chi connectivity index (χ0n) is 8.95. The molecule has 0 heterocycles. The second-order valence-electron chi connectivity index (χ2n) is 3.06. The second-order valence-corrected chi connectivity index (χ2v) is 3.06. The molecule has 4 nitrogen and oxygen atoms in total. The van der Waals surface area contributed by atoms with E-state index < -0.39 is 0 Å². The lowest BCUT2D eigenvalue weighted by Gasteiger charge is -2.08. The number of hydrogen-bond acceptors (Lipinski definition) is 4. The highest BCUT2D eigenvalue weighted by Gasteiger charge is 2.09. The SMILES string of the molecule is COC(=O)c1ccc(OC)c(CCN)c1. The fourth-order valence-electron chi connectivity index (χ4n) is 1.37. The molecule has 0 spiro atoms. The number of benzene rings is 1. The predicted octanol–water partition coefficient (Wildman–Crippen LogP) is 0.983. The fraction of sp³-hybridized carbons (Fsp3) is 0.364. The Morgan fingerprint density at radius 3 is 2.67 bits per heavy atom. The van der Waals surface area contributed by atoms with Crippen molar-refractivity contribution >= 4 is 5.97 Å². The fourth-order valence-corrected chi connectivity index (χ4v) is 1.37. The molecule has 0 bridgehead atoms. The molecule has 4 heteroatoms. The van der Waals surface area contributed by atoms with Gasteiger partial charge in [0.25, 0.3) is 0 Å². The van der Waals surface area contributed by atoms with Crippen LogP contribution in [0.15, 0.2) is 18.2 Å². The molecule has 1 aromatic rings. The number of hydrogen-bond donors (Lipinski definition) is 1. The van der Waals surface area contributed by atoms with Gasteiger partial charge in [0.1, 0.15) is 5.75 Å². The van der Waals surface area contributed by atoms with Gasteiger partial charge in [0.05, 0.1) is 19.8 Å². The lowest BCUT2D eigenvalue weighted by molar-refractivity contribution is 0.0600. The maximum absolute atomic E-state index is 11.3. The third-order valence-electron chi connectivity index (χ3n) is 2.12. The van der Waals surface area contributed by atoms with Gasteiger partial charge in [-0.05, 0) is 36.7 Å². The van der Waals surface area contributed by atoms with Crippen molar-refractivity contribution in [3.63, 3.8) is 0 Å². The van der Waals surface area contributed by atoms with E-state index in [1.165, 1.54) is 7.11 Å². The van der Waals surface area contributed by atoms with Crippen LogP contribution in [0.3, 0.4) is 0 Å². The quantitative estimate of drug-likeness (QED) is 0.751. The first-order valence-electron chi connectivity index (χ1n) is 4.68. The standard InChI is InChI=1S/C11H15NO3/c1-14-10-4-3-9(11(13)15-2)7-8(10)5-6-12/h3-4,7H,5-6,12H2,1-2H3. The predicted molar refractivity (Wildman–Crippen MR) is 57.1 cm³/mol. The molecule has 0 aliphatic rings. The summed E-state index contributed by atoms with van der Waals surface area (Å²) in [5.41, 5.74) is 6.91. The number of rotatable bonds is 4. The molecule has 0 amide bonds. The third-order valence-corrected chi connectivity index (χ3v) is 2.12. The van der Waals surface area contributed by atoms with Crippen LogP contribution < -0.4 is 10.5 Å². The molecule has 0 fully saturated rings. The lowest BCUT2D eigenvalue weighted by Crippen LogP contribution is -2.07. The largest absolute Gasteiger partial charge is 0.496 e. The Bertz CT molecular complexity index is 350. The number of carbonyl (C=O) groups is 1. The topological polar surface area (TPSA) is 61.5 Å². The minimum atomic E-state index is -0.351. The van der Waals surface area contributed by atoms with Gasteiger partial charge >= 0.3 is 5.97 Å². The average molecular weight is 209 g/mol. The van der Waals surface area contributed by atoms with Crippen LogP contribution >= 0.6 is 0 Å². The summed E-state index contributed by atoms with van der Waals surface area (Å²) in [6.07, 6.45) is 0.675. The first kappa shape index (κ1) is 11.5. The summed E-state index contributed by atoms with van der Waals surface area (Å²) < 4.78 is 9.79. The van der Waals surface area contributed by atoms with E-state index in [1.54, 1.807) is 25.3 Å². The molecule has 0 atom stereocenters. The van der Waals surface area contributed by atoms with Gasteiger partial charge in [0.2, 0.25) is 0 Å². The first-order valence-corrected chi connectivity index (χ1v) is 4.68. The van der Waals surface area contributed by atoms with E-state index in [0.717, 1.165) is 11.3 Å². The molecule has 0 saturated carbocycles. The Morgan fingerprint density at radius 1 is 1.40 bits per heavy atom. The maximum Gasteiger partial charge on any atom is 0.337 e. The Morgan fingerprint density at radius 2 is 2.13 bits per heavy atom. The molecule has 1 rings (SSSR count). The van der Waals surface area contributed by atoms with Gasteiger partial charge in [0, 0.05) is 0 Å². The van der Waals surface area contributed by atoms with Crippen LogP contribution in [0.4, 0.5) is 0 Å². The summed E-state index contributed by atoms with van der Waals surface area (Å²) >= 11 is 0. The van der Waals surface area contributed by atoms with Gasteiger partial charge in [-0.25, -0.2) is 4.79 Å². The van der Waals surface area contributed by atoms with Crippen molar-refractivity contribution in [2.24, 2.45) is 5.73 Å². The van der Waals surface area contributed by atoms with E-state index in [0.29, 0.717) is 18.5 Å². The van der Waals surface area contributed by atoms with Crippen LogP contribution in [0.1, 0.15) is 15.9 Å². The van der Waals surface area contributed by atoms with Crippen molar-refractivity contribution in [3.05, 3.63) is 29.3 Å². The number of carbonyl (C=O) groups excluding carboxylic acids is 1. The van der Waals surface area contributed by atoms with Crippen molar-refractivity contribution < 1.29 is 14.3 Å². The summed E-state index contributed by atoms with van der Waals surface area (Å²) in [5.74, 6) is 0.393. The number of methoxy groups -OCH3 is 2. The van der Waals surface area contributed by atoms with Crippen LogP contribution in [-0.2, 0) is 11.2 Å². The van der Waals surface area contributed by atoms with E-state index in [-0.39, 0.29) is 5.97 Å². The summed E-state index contributed by atoms with van der Waals surface area (Å²) in [5, 5.41) is 0. The van der Waals surface area contributed by atoms with Crippen molar-refractivity contribution in [2.45, 2.75) is 6.42 Å². The Balaban J connectivity index is 3.04. The van der Waals surface area contributed by atoms with Crippen LogP contribution in [0.2, 0.25) is 0 Å². The minimum absolute atomic E-state index is 0.351. The third kappa shape index (κ3) is 2.70. The van der Waals surface area contributed by atoms with Gasteiger partial charge < -0.3 is 15.2 Å². The molecule has 0 aromatic heterocycles. The zero-order chi connectivity index (χ0) is 11.3. The molecule has 0 saturated heterocycles. The van der Waals surface area contributed by atoms with E-state index >= 15 is 0 Å². The Kier molecular flexibility index (Phi) is 4.12. The second kappa shape index (κ2) is 5.36. The molecule has 0 unspecified atom stereocenters. The molecular weight excluding hydrogens is 194 g/mol. The molecule has 82 valence electrons. The van der Waals surface area contributed by atoms with Gasteiger partial charge in [-0.2, -0.15) is 0 Å². The van der Waals surface area contributed by atoms with Gasteiger partial charge in [-0.1, -0.05) is 0 Å². The average Bonchev–Trinajstić information content (AvgIpc) is 2.28. The van der Waals surface area contributed by atoms with Gasteiger partial charge in [0.15, 0.2) is 0 Å². The van der Waals surface area contributed by atoms with Gasteiger partial charge in [-0.3, -0.25) is 0 Å². The van der Waals surface area contributed by atoms with Crippen LogP contribution in [0.25, 0.3) is 0 Å².